The minimum absolute atomic E-state index is 0.630. The highest BCUT2D eigenvalue weighted by atomic mass is 79.9. The first-order valence-corrected chi connectivity index (χ1v) is 6.01. The molecule has 0 spiro atoms. The van der Waals surface area contributed by atoms with Crippen LogP contribution >= 0.6 is 27.7 Å². The smallest absolute Gasteiger partial charge is 0.106 e. The van der Waals surface area contributed by atoms with Gasteiger partial charge in [-0.25, -0.2) is 0 Å². The first-order chi connectivity index (χ1) is 6.61. The van der Waals surface area contributed by atoms with Crippen molar-refractivity contribution in [2.45, 2.75) is 4.90 Å². The van der Waals surface area contributed by atoms with Gasteiger partial charge in [0.25, 0.3) is 0 Å². The molecular weight excluding hydrogens is 260 g/mol. The van der Waals surface area contributed by atoms with E-state index in [9.17, 15) is 0 Å². The quantitative estimate of drug-likeness (QED) is 0.520. The van der Waals surface area contributed by atoms with Gasteiger partial charge < -0.3 is 4.90 Å². The van der Waals surface area contributed by atoms with Gasteiger partial charge in [-0.3, -0.25) is 5.41 Å². The molecule has 0 unspecified atom stereocenters. The van der Waals surface area contributed by atoms with E-state index in [-0.39, 0.29) is 0 Å². The van der Waals surface area contributed by atoms with Gasteiger partial charge in [-0.05, 0) is 28.1 Å². The average molecular weight is 273 g/mol. The third-order valence-electron chi connectivity index (χ3n) is 1.74. The molecule has 1 rings (SSSR count). The predicted molar refractivity (Wildman–Crippen MR) is 66.3 cm³/mol. The molecule has 0 saturated carbocycles. The Bertz CT molecular complexity index is 326. The van der Waals surface area contributed by atoms with Gasteiger partial charge in [0, 0.05) is 23.5 Å². The summed E-state index contributed by atoms with van der Waals surface area (Å²) in [5.74, 6) is 1.33. The van der Waals surface area contributed by atoms with Crippen LogP contribution in [0.25, 0.3) is 0 Å². The minimum Gasteiger partial charge on any atom is -0.366 e. The Morgan fingerprint density at radius 3 is 2.64 bits per heavy atom. The molecule has 0 atom stereocenters. The SMILES string of the molecule is CN(C)C(=N)CSc1ccccc1Br. The lowest BCUT2D eigenvalue weighted by Gasteiger charge is -2.13. The van der Waals surface area contributed by atoms with Crippen LogP contribution < -0.4 is 0 Å². The molecule has 1 aromatic rings. The second-order valence-corrected chi connectivity index (χ2v) is 4.93. The monoisotopic (exact) mass is 272 g/mol. The maximum absolute atomic E-state index is 7.65. The number of hydrogen-bond acceptors (Lipinski definition) is 2. The summed E-state index contributed by atoms with van der Waals surface area (Å²) in [6, 6.07) is 8.07. The Morgan fingerprint density at radius 1 is 1.43 bits per heavy atom. The number of amidine groups is 1. The molecule has 0 saturated heterocycles. The first kappa shape index (κ1) is 11.6. The normalized spacial score (nSPS) is 9.93. The molecule has 0 radical (unpaired) electrons. The highest BCUT2D eigenvalue weighted by Gasteiger charge is 2.03. The van der Waals surface area contributed by atoms with E-state index in [1.807, 2.05) is 37.2 Å². The van der Waals surface area contributed by atoms with Crippen molar-refractivity contribution in [1.82, 2.24) is 4.90 Å². The molecule has 76 valence electrons. The van der Waals surface area contributed by atoms with Crippen LogP contribution in [0.3, 0.4) is 0 Å². The summed E-state index contributed by atoms with van der Waals surface area (Å²) < 4.78 is 1.09. The number of benzene rings is 1. The molecule has 0 amide bonds. The summed E-state index contributed by atoms with van der Waals surface area (Å²) in [5, 5.41) is 7.65. The maximum atomic E-state index is 7.65. The number of hydrogen-bond donors (Lipinski definition) is 1. The van der Waals surface area contributed by atoms with Crippen LogP contribution in [-0.2, 0) is 0 Å². The van der Waals surface area contributed by atoms with Crippen molar-refractivity contribution in [1.29, 1.82) is 5.41 Å². The summed E-state index contributed by atoms with van der Waals surface area (Å²) >= 11 is 5.15. The zero-order chi connectivity index (χ0) is 10.6. The number of nitrogens with one attached hydrogen (secondary N) is 1. The van der Waals surface area contributed by atoms with E-state index >= 15 is 0 Å². The van der Waals surface area contributed by atoms with Gasteiger partial charge in [-0.2, -0.15) is 0 Å². The van der Waals surface area contributed by atoms with Crippen molar-refractivity contribution in [2.75, 3.05) is 19.8 Å². The van der Waals surface area contributed by atoms with Crippen molar-refractivity contribution in [3.8, 4) is 0 Å². The lowest BCUT2D eigenvalue weighted by atomic mass is 10.4. The van der Waals surface area contributed by atoms with E-state index in [0.29, 0.717) is 11.6 Å². The number of halogens is 1. The van der Waals surface area contributed by atoms with E-state index in [0.717, 1.165) is 4.47 Å². The Kier molecular flexibility index (Phi) is 4.48. The molecule has 4 heteroatoms. The number of rotatable bonds is 3. The van der Waals surface area contributed by atoms with E-state index in [4.69, 9.17) is 5.41 Å². The number of thioether (sulfide) groups is 1. The van der Waals surface area contributed by atoms with Crippen molar-refractivity contribution in [3.05, 3.63) is 28.7 Å². The standard InChI is InChI=1S/C10H13BrN2S/c1-13(2)10(12)7-14-9-6-4-3-5-8(9)11/h3-6,12H,7H2,1-2H3. The lowest BCUT2D eigenvalue weighted by molar-refractivity contribution is 0.615. The van der Waals surface area contributed by atoms with Gasteiger partial charge in [0.15, 0.2) is 0 Å². The molecule has 1 aromatic carbocycles. The molecule has 1 N–H and O–H groups in total. The molecular formula is C10H13BrN2S. The van der Waals surface area contributed by atoms with Gasteiger partial charge >= 0.3 is 0 Å². The fourth-order valence-corrected chi connectivity index (χ4v) is 2.40. The maximum Gasteiger partial charge on any atom is 0.106 e. The van der Waals surface area contributed by atoms with E-state index in [1.54, 1.807) is 11.8 Å². The third-order valence-corrected chi connectivity index (χ3v) is 3.78. The predicted octanol–water partition coefficient (Wildman–Crippen LogP) is 3.08. The van der Waals surface area contributed by atoms with E-state index in [2.05, 4.69) is 22.0 Å². The Morgan fingerprint density at radius 2 is 2.07 bits per heavy atom. The topological polar surface area (TPSA) is 27.1 Å². The molecule has 2 nitrogen and oxygen atoms in total. The van der Waals surface area contributed by atoms with E-state index in [1.165, 1.54) is 4.90 Å². The zero-order valence-corrected chi connectivity index (χ0v) is 10.7. The molecule has 14 heavy (non-hydrogen) atoms. The summed E-state index contributed by atoms with van der Waals surface area (Å²) in [4.78, 5) is 3.00. The molecule has 0 fully saturated rings. The molecule has 0 aliphatic rings. The Labute approximate surface area is 97.3 Å². The molecule has 0 bridgehead atoms. The van der Waals surface area contributed by atoms with Gasteiger partial charge in [-0.15, -0.1) is 11.8 Å². The Hall–Kier alpha value is -0.480. The van der Waals surface area contributed by atoms with Gasteiger partial charge in [0.2, 0.25) is 0 Å². The van der Waals surface area contributed by atoms with Crippen LogP contribution in [0.15, 0.2) is 33.6 Å². The summed E-state index contributed by atoms with van der Waals surface area (Å²) in [6.45, 7) is 0. The fraction of sp³-hybridized carbons (Fsp3) is 0.300. The number of nitrogens with zero attached hydrogens (tertiary/aromatic N) is 1. The lowest BCUT2D eigenvalue weighted by Crippen LogP contribution is -2.22. The van der Waals surface area contributed by atoms with Crippen LogP contribution in [-0.4, -0.2) is 30.6 Å². The first-order valence-electron chi connectivity index (χ1n) is 4.23. The summed E-state index contributed by atoms with van der Waals surface area (Å²) in [7, 11) is 3.78. The van der Waals surface area contributed by atoms with Gasteiger partial charge in [-0.1, -0.05) is 12.1 Å². The summed E-state index contributed by atoms with van der Waals surface area (Å²) in [6.07, 6.45) is 0. The van der Waals surface area contributed by atoms with Crippen molar-refractivity contribution < 1.29 is 0 Å². The van der Waals surface area contributed by atoms with Crippen molar-refractivity contribution >= 4 is 33.5 Å². The highest BCUT2D eigenvalue weighted by molar-refractivity contribution is 9.10. The van der Waals surface area contributed by atoms with Gasteiger partial charge in [0.05, 0.1) is 5.75 Å². The zero-order valence-electron chi connectivity index (χ0n) is 8.25. The van der Waals surface area contributed by atoms with E-state index < -0.39 is 0 Å². The second kappa shape index (κ2) is 5.41. The minimum atomic E-state index is 0.630. The fourth-order valence-electron chi connectivity index (χ4n) is 0.837. The molecule has 0 heterocycles. The van der Waals surface area contributed by atoms with Gasteiger partial charge in [0.1, 0.15) is 5.84 Å². The molecule has 0 aromatic heterocycles. The Balaban J connectivity index is 2.54. The second-order valence-electron chi connectivity index (χ2n) is 3.06. The largest absolute Gasteiger partial charge is 0.366 e. The van der Waals surface area contributed by atoms with Crippen LogP contribution in [0.4, 0.5) is 0 Å². The molecule has 0 aliphatic carbocycles. The molecule has 0 aliphatic heterocycles. The highest BCUT2D eigenvalue weighted by Crippen LogP contribution is 2.26. The van der Waals surface area contributed by atoms with Crippen LogP contribution in [0.5, 0.6) is 0 Å². The van der Waals surface area contributed by atoms with Crippen molar-refractivity contribution in [3.63, 3.8) is 0 Å². The third kappa shape index (κ3) is 3.35. The summed E-state index contributed by atoms with van der Waals surface area (Å²) in [5.41, 5.74) is 0. The van der Waals surface area contributed by atoms with Crippen LogP contribution in [0.1, 0.15) is 0 Å². The van der Waals surface area contributed by atoms with Crippen molar-refractivity contribution in [2.24, 2.45) is 0 Å². The van der Waals surface area contributed by atoms with Crippen LogP contribution in [0.2, 0.25) is 0 Å². The average Bonchev–Trinajstić information content (AvgIpc) is 2.16. The van der Waals surface area contributed by atoms with Crippen LogP contribution in [0, 0.1) is 5.41 Å².